The van der Waals surface area contributed by atoms with E-state index in [1.54, 1.807) is 19.1 Å². The number of alkyl halides is 3. The van der Waals surface area contributed by atoms with E-state index in [4.69, 9.17) is 27.2 Å². The first-order valence-electron chi connectivity index (χ1n) is 9.15. The third-order valence-corrected chi connectivity index (χ3v) is 5.31. The van der Waals surface area contributed by atoms with Crippen molar-refractivity contribution in [1.29, 1.82) is 10.8 Å². The van der Waals surface area contributed by atoms with Gasteiger partial charge in [0.25, 0.3) is 5.91 Å². The number of carbonyl (C=O) groups is 1. The maximum absolute atomic E-state index is 13.1. The van der Waals surface area contributed by atoms with Crippen molar-refractivity contribution in [2.24, 2.45) is 0 Å². The SMILES string of the molecule is COc1ccc(C(=N)N2CC(C)N(C(=O)c3cccc(C(F)(F)F)c3Cl)CC2=N)nc1. The lowest BCUT2D eigenvalue weighted by molar-refractivity contribution is -0.137. The number of ether oxygens (including phenoxy) is 1. The summed E-state index contributed by atoms with van der Waals surface area (Å²) in [6, 6.07) is 5.89. The number of hydrogen-bond donors (Lipinski definition) is 2. The summed E-state index contributed by atoms with van der Waals surface area (Å²) in [6.45, 7) is 1.60. The predicted molar refractivity (Wildman–Crippen MR) is 109 cm³/mol. The lowest BCUT2D eigenvalue weighted by atomic mass is 10.1. The predicted octanol–water partition coefficient (Wildman–Crippen LogP) is 3.91. The molecule has 1 fully saturated rings. The highest BCUT2D eigenvalue weighted by Gasteiger charge is 2.37. The third kappa shape index (κ3) is 4.48. The largest absolute Gasteiger partial charge is 0.495 e. The molecule has 1 aromatic heterocycles. The topological polar surface area (TPSA) is 93.4 Å². The van der Waals surface area contributed by atoms with Gasteiger partial charge < -0.3 is 14.5 Å². The van der Waals surface area contributed by atoms with E-state index >= 15 is 0 Å². The second-order valence-electron chi connectivity index (χ2n) is 6.94. The van der Waals surface area contributed by atoms with Crippen LogP contribution in [0.1, 0.15) is 28.5 Å². The van der Waals surface area contributed by atoms with Gasteiger partial charge in [0.05, 0.1) is 36.0 Å². The van der Waals surface area contributed by atoms with Gasteiger partial charge in [-0.25, -0.2) is 4.98 Å². The number of rotatable bonds is 3. The Bertz CT molecular complexity index is 1030. The van der Waals surface area contributed by atoms with Gasteiger partial charge in [-0.1, -0.05) is 17.7 Å². The van der Waals surface area contributed by atoms with Crippen molar-refractivity contribution in [3.63, 3.8) is 0 Å². The van der Waals surface area contributed by atoms with Crippen LogP contribution in [0.25, 0.3) is 0 Å². The second-order valence-corrected chi connectivity index (χ2v) is 7.31. The van der Waals surface area contributed by atoms with Crippen molar-refractivity contribution in [2.75, 3.05) is 20.2 Å². The van der Waals surface area contributed by atoms with Gasteiger partial charge in [0.2, 0.25) is 0 Å². The van der Waals surface area contributed by atoms with Gasteiger partial charge in [-0.05, 0) is 31.2 Å². The molecular formula is C20H19ClF3N5O2. The smallest absolute Gasteiger partial charge is 0.417 e. The zero-order chi connectivity index (χ0) is 22.9. The van der Waals surface area contributed by atoms with E-state index in [0.717, 1.165) is 12.1 Å². The van der Waals surface area contributed by atoms with Crippen molar-refractivity contribution in [3.05, 3.63) is 58.4 Å². The molecule has 1 aliphatic rings. The quantitative estimate of drug-likeness (QED) is 0.544. The number of amidine groups is 2. The molecule has 2 aromatic rings. The van der Waals surface area contributed by atoms with Crippen LogP contribution in [-0.2, 0) is 6.18 Å². The Kier molecular flexibility index (Phi) is 6.21. The third-order valence-electron chi connectivity index (χ3n) is 4.90. The minimum Gasteiger partial charge on any atom is -0.495 e. The van der Waals surface area contributed by atoms with Gasteiger partial charge in [-0.3, -0.25) is 15.6 Å². The molecule has 31 heavy (non-hydrogen) atoms. The van der Waals surface area contributed by atoms with Crippen molar-refractivity contribution >= 4 is 29.2 Å². The van der Waals surface area contributed by atoms with Crippen LogP contribution in [0.3, 0.4) is 0 Å². The molecule has 1 atom stereocenters. The number of piperazine rings is 1. The first-order chi connectivity index (χ1) is 14.5. The molecule has 0 saturated carbocycles. The number of nitrogens with one attached hydrogen (secondary N) is 2. The van der Waals surface area contributed by atoms with Gasteiger partial charge >= 0.3 is 6.18 Å². The summed E-state index contributed by atoms with van der Waals surface area (Å²) in [7, 11) is 1.49. The molecule has 0 spiro atoms. The number of halogens is 4. The molecule has 11 heteroatoms. The summed E-state index contributed by atoms with van der Waals surface area (Å²) in [5.74, 6) is -0.267. The maximum atomic E-state index is 13.1. The first-order valence-corrected chi connectivity index (χ1v) is 9.53. The summed E-state index contributed by atoms with van der Waals surface area (Å²) < 4.78 is 44.4. The van der Waals surface area contributed by atoms with E-state index in [9.17, 15) is 18.0 Å². The monoisotopic (exact) mass is 453 g/mol. The Morgan fingerprint density at radius 2 is 2.00 bits per heavy atom. The fourth-order valence-corrected chi connectivity index (χ4v) is 3.54. The molecule has 0 radical (unpaired) electrons. The van der Waals surface area contributed by atoms with Crippen LogP contribution < -0.4 is 4.74 Å². The number of methoxy groups -OCH3 is 1. The van der Waals surface area contributed by atoms with Gasteiger partial charge in [-0.15, -0.1) is 0 Å². The molecule has 0 bridgehead atoms. The molecule has 0 aliphatic carbocycles. The van der Waals surface area contributed by atoms with Crippen LogP contribution in [-0.4, -0.2) is 58.6 Å². The number of benzene rings is 1. The van der Waals surface area contributed by atoms with Crippen molar-refractivity contribution in [2.45, 2.75) is 19.1 Å². The van der Waals surface area contributed by atoms with E-state index in [1.807, 2.05) is 0 Å². The Balaban J connectivity index is 1.81. The van der Waals surface area contributed by atoms with Gasteiger partial charge in [0, 0.05) is 12.6 Å². The van der Waals surface area contributed by atoms with E-state index in [1.165, 1.54) is 29.2 Å². The minimum absolute atomic E-state index is 0.0243. The molecule has 1 saturated heterocycles. The lowest BCUT2D eigenvalue weighted by Crippen LogP contribution is -2.58. The summed E-state index contributed by atoms with van der Waals surface area (Å²) in [6.07, 6.45) is -3.24. The highest BCUT2D eigenvalue weighted by Crippen LogP contribution is 2.36. The standard InChI is InChI=1S/C20H19ClF3N5O2/c1-11-9-29(18(26)15-7-6-12(31-2)8-27-15)16(25)10-28(11)19(30)13-4-3-5-14(17(13)21)20(22,23)24/h3-8,11,25-26H,9-10H2,1-2H3. The fourth-order valence-electron chi connectivity index (χ4n) is 3.22. The Morgan fingerprint density at radius 3 is 2.58 bits per heavy atom. The number of hydrogen-bond acceptors (Lipinski definition) is 5. The molecule has 2 N–H and O–H groups in total. The van der Waals surface area contributed by atoms with Crippen LogP contribution in [0.15, 0.2) is 36.5 Å². The lowest BCUT2D eigenvalue weighted by Gasteiger charge is -2.41. The van der Waals surface area contributed by atoms with Gasteiger partial charge in [0.1, 0.15) is 17.3 Å². The molecule has 164 valence electrons. The van der Waals surface area contributed by atoms with Gasteiger partial charge in [-0.2, -0.15) is 13.2 Å². The van der Waals surface area contributed by atoms with Crippen LogP contribution in [0.5, 0.6) is 5.75 Å². The average molecular weight is 454 g/mol. The number of aromatic nitrogens is 1. The maximum Gasteiger partial charge on any atom is 0.417 e. The summed E-state index contributed by atoms with van der Waals surface area (Å²) in [5.41, 5.74) is -1.05. The van der Waals surface area contributed by atoms with E-state index in [2.05, 4.69) is 4.98 Å². The molecule has 1 unspecified atom stereocenters. The molecule has 7 nitrogen and oxygen atoms in total. The normalized spacial score (nSPS) is 17.0. The van der Waals surface area contributed by atoms with Crippen molar-refractivity contribution in [3.8, 4) is 5.75 Å². The highest BCUT2D eigenvalue weighted by molar-refractivity contribution is 6.34. The highest BCUT2D eigenvalue weighted by atomic mass is 35.5. The molecule has 2 heterocycles. The van der Waals surface area contributed by atoms with Crippen LogP contribution in [0.4, 0.5) is 13.2 Å². The zero-order valence-electron chi connectivity index (χ0n) is 16.6. The fraction of sp³-hybridized carbons (Fsp3) is 0.300. The number of amides is 1. The Hall–Kier alpha value is -3.14. The number of nitrogens with zero attached hydrogens (tertiary/aromatic N) is 3. The van der Waals surface area contributed by atoms with Crippen LogP contribution in [0.2, 0.25) is 5.02 Å². The Labute approximate surface area is 181 Å². The average Bonchev–Trinajstić information content (AvgIpc) is 2.73. The van der Waals surface area contributed by atoms with Crippen molar-refractivity contribution < 1.29 is 22.7 Å². The molecule has 1 aliphatic heterocycles. The molecule has 1 amide bonds. The second kappa shape index (κ2) is 8.54. The first kappa shape index (κ1) is 22.5. The van der Waals surface area contributed by atoms with E-state index < -0.39 is 28.7 Å². The number of pyridine rings is 1. The summed E-state index contributed by atoms with van der Waals surface area (Å²) >= 11 is 5.89. The molecule has 3 rings (SSSR count). The van der Waals surface area contributed by atoms with E-state index in [0.29, 0.717) is 11.4 Å². The van der Waals surface area contributed by atoms with Crippen molar-refractivity contribution in [1.82, 2.24) is 14.8 Å². The summed E-state index contributed by atoms with van der Waals surface area (Å²) in [4.78, 5) is 19.8. The number of carbonyl (C=O) groups excluding carboxylic acids is 1. The minimum atomic E-state index is -4.69. The van der Waals surface area contributed by atoms with E-state index in [-0.39, 0.29) is 30.3 Å². The van der Waals surface area contributed by atoms with Crippen LogP contribution >= 0.6 is 11.6 Å². The van der Waals surface area contributed by atoms with Crippen LogP contribution in [0, 0.1) is 10.8 Å². The zero-order valence-corrected chi connectivity index (χ0v) is 17.4. The van der Waals surface area contributed by atoms with Gasteiger partial charge in [0.15, 0.2) is 5.84 Å². The Morgan fingerprint density at radius 1 is 1.29 bits per heavy atom. The molecule has 1 aromatic carbocycles. The molecular weight excluding hydrogens is 435 g/mol. The summed E-state index contributed by atoms with van der Waals surface area (Å²) in [5, 5.41) is 16.0.